The third-order valence-electron chi connectivity index (χ3n) is 7.33. The fraction of sp³-hybridized carbons (Fsp3) is 0.560. The Morgan fingerprint density at radius 1 is 1.06 bits per heavy atom. The van der Waals surface area contributed by atoms with Crippen LogP contribution < -0.4 is 5.56 Å². The van der Waals surface area contributed by atoms with E-state index in [9.17, 15) is 14.0 Å². The normalized spacial score (nSPS) is 22.2. The summed E-state index contributed by atoms with van der Waals surface area (Å²) >= 11 is 0. The van der Waals surface area contributed by atoms with Gasteiger partial charge in [-0.25, -0.2) is 9.37 Å². The smallest absolute Gasteiger partial charge is 0.255 e. The van der Waals surface area contributed by atoms with Crippen LogP contribution in [0.15, 0.2) is 29.1 Å². The average molecular weight is 439 g/mol. The van der Waals surface area contributed by atoms with Gasteiger partial charge in [0, 0.05) is 38.2 Å². The molecule has 1 aromatic carbocycles. The van der Waals surface area contributed by atoms with E-state index in [1.54, 1.807) is 4.90 Å². The van der Waals surface area contributed by atoms with E-state index in [2.05, 4.69) is 9.88 Å². The molecule has 1 saturated heterocycles. The molecule has 2 fully saturated rings. The number of hydrogen-bond donors (Lipinski definition) is 1. The summed E-state index contributed by atoms with van der Waals surface area (Å²) in [5, 5.41) is 0. The van der Waals surface area contributed by atoms with E-state index >= 15 is 0 Å². The molecular weight excluding hydrogens is 407 g/mol. The number of hydrogen-bond acceptors (Lipinski definition) is 4. The van der Waals surface area contributed by atoms with E-state index in [4.69, 9.17) is 4.98 Å². The lowest BCUT2D eigenvalue weighted by molar-refractivity contribution is 0.0729. The Labute approximate surface area is 187 Å². The fourth-order valence-corrected chi connectivity index (χ4v) is 5.60. The van der Waals surface area contributed by atoms with Crippen molar-refractivity contribution in [3.8, 4) is 0 Å². The Morgan fingerprint density at radius 2 is 1.84 bits per heavy atom. The van der Waals surface area contributed by atoms with Gasteiger partial charge in [-0.15, -0.1) is 0 Å². The van der Waals surface area contributed by atoms with Crippen molar-refractivity contribution in [3.05, 3.63) is 63.1 Å². The Morgan fingerprint density at radius 3 is 2.62 bits per heavy atom. The van der Waals surface area contributed by atoms with Crippen molar-refractivity contribution in [1.29, 1.82) is 0 Å². The van der Waals surface area contributed by atoms with Gasteiger partial charge in [-0.05, 0) is 55.9 Å². The highest BCUT2D eigenvalue weighted by atomic mass is 19.1. The molecule has 1 saturated carbocycles. The third kappa shape index (κ3) is 4.35. The second-order valence-corrected chi connectivity index (χ2v) is 9.53. The van der Waals surface area contributed by atoms with Crippen LogP contribution in [0.25, 0.3) is 0 Å². The van der Waals surface area contributed by atoms with Gasteiger partial charge in [0.05, 0.1) is 17.3 Å². The number of carbonyl (C=O) groups is 1. The minimum Gasteiger partial charge on any atom is -0.328 e. The van der Waals surface area contributed by atoms with Crippen LogP contribution in [0, 0.1) is 11.7 Å². The summed E-state index contributed by atoms with van der Waals surface area (Å²) in [5.41, 5.74) is 2.05. The van der Waals surface area contributed by atoms with Crippen LogP contribution in [0.4, 0.5) is 4.39 Å². The van der Waals surface area contributed by atoms with Crippen molar-refractivity contribution < 1.29 is 9.18 Å². The largest absolute Gasteiger partial charge is 0.328 e. The topological polar surface area (TPSA) is 69.3 Å². The number of aromatic amines is 1. The van der Waals surface area contributed by atoms with E-state index in [0.717, 1.165) is 49.5 Å². The first-order chi connectivity index (χ1) is 15.6. The van der Waals surface area contributed by atoms with Gasteiger partial charge < -0.3 is 9.88 Å². The summed E-state index contributed by atoms with van der Waals surface area (Å²) in [6.07, 6.45) is 9.01. The summed E-state index contributed by atoms with van der Waals surface area (Å²) in [7, 11) is 0. The number of benzene rings is 1. The molecule has 3 heterocycles. The highest BCUT2D eigenvalue weighted by molar-refractivity contribution is 5.94. The molecule has 1 aliphatic carbocycles. The average Bonchev–Trinajstić information content (AvgIpc) is 3.30. The molecule has 1 atom stereocenters. The van der Waals surface area contributed by atoms with Crippen LogP contribution >= 0.6 is 0 Å². The maximum atomic E-state index is 13.3. The van der Waals surface area contributed by atoms with Gasteiger partial charge in [0.2, 0.25) is 0 Å². The first-order valence-electron chi connectivity index (χ1n) is 12.0. The molecule has 6 nitrogen and oxygen atoms in total. The lowest BCUT2D eigenvalue weighted by atomic mass is 9.88. The molecule has 1 amide bonds. The molecule has 0 unspecified atom stereocenters. The minimum atomic E-state index is -0.363. The maximum absolute atomic E-state index is 13.3. The molecule has 32 heavy (non-hydrogen) atoms. The number of nitrogens with zero attached hydrogens (tertiary/aromatic N) is 3. The number of amides is 1. The molecule has 0 radical (unpaired) electrons. The van der Waals surface area contributed by atoms with Crippen molar-refractivity contribution in [2.45, 2.75) is 64.0 Å². The molecule has 7 heteroatoms. The van der Waals surface area contributed by atoms with Gasteiger partial charge in [0.15, 0.2) is 0 Å². The van der Waals surface area contributed by atoms with Crippen molar-refractivity contribution in [2.24, 2.45) is 5.92 Å². The van der Waals surface area contributed by atoms with Crippen LogP contribution in [0.5, 0.6) is 0 Å². The number of rotatable bonds is 4. The van der Waals surface area contributed by atoms with Gasteiger partial charge in [0.1, 0.15) is 11.6 Å². The van der Waals surface area contributed by atoms with Crippen LogP contribution in [0.2, 0.25) is 0 Å². The summed E-state index contributed by atoms with van der Waals surface area (Å²) in [5.74, 6) is 0.827. The molecule has 1 N–H and O–H groups in total. The summed E-state index contributed by atoms with van der Waals surface area (Å²) in [4.78, 5) is 38.0. The molecule has 2 aromatic rings. The van der Waals surface area contributed by atoms with Crippen LogP contribution in [0.1, 0.15) is 78.4 Å². The number of carbonyl (C=O) groups excluding carboxylic acids is 1. The van der Waals surface area contributed by atoms with Gasteiger partial charge in [0.25, 0.3) is 11.5 Å². The SMILES string of the molecule is O=C(c1ccc(F)cc1)N1CCC[C@H]1c1nc2c(c(=O)[nH]1)CN(CC1CCCCC1)CC2. The van der Waals surface area contributed by atoms with Crippen molar-refractivity contribution in [3.63, 3.8) is 0 Å². The van der Waals surface area contributed by atoms with Gasteiger partial charge in [-0.3, -0.25) is 14.5 Å². The van der Waals surface area contributed by atoms with Crippen molar-refractivity contribution in [2.75, 3.05) is 19.6 Å². The van der Waals surface area contributed by atoms with E-state index in [-0.39, 0.29) is 23.3 Å². The molecule has 3 aliphatic rings. The number of nitrogens with one attached hydrogen (secondary N) is 1. The molecule has 2 aliphatic heterocycles. The van der Waals surface area contributed by atoms with E-state index < -0.39 is 0 Å². The number of fused-ring (bicyclic) bond motifs is 1. The predicted molar refractivity (Wildman–Crippen MR) is 120 cm³/mol. The Balaban J connectivity index is 1.33. The first-order valence-corrected chi connectivity index (χ1v) is 12.0. The maximum Gasteiger partial charge on any atom is 0.255 e. The second-order valence-electron chi connectivity index (χ2n) is 9.53. The zero-order valence-electron chi connectivity index (χ0n) is 18.5. The quantitative estimate of drug-likeness (QED) is 0.788. The Hall–Kier alpha value is -2.54. The Bertz CT molecular complexity index is 1030. The number of likely N-dealkylation sites (tertiary alicyclic amines) is 1. The highest BCUT2D eigenvalue weighted by Gasteiger charge is 2.34. The van der Waals surface area contributed by atoms with Crippen LogP contribution in [-0.2, 0) is 13.0 Å². The van der Waals surface area contributed by atoms with Crippen molar-refractivity contribution in [1.82, 2.24) is 19.8 Å². The Kier molecular flexibility index (Phi) is 6.09. The van der Waals surface area contributed by atoms with Gasteiger partial charge in [-0.1, -0.05) is 19.3 Å². The summed E-state index contributed by atoms with van der Waals surface area (Å²) in [6.45, 7) is 3.28. The van der Waals surface area contributed by atoms with Gasteiger partial charge in [-0.2, -0.15) is 0 Å². The predicted octanol–water partition coefficient (Wildman–Crippen LogP) is 3.82. The third-order valence-corrected chi connectivity index (χ3v) is 7.33. The van der Waals surface area contributed by atoms with E-state index in [1.165, 1.54) is 56.4 Å². The first kappa shape index (κ1) is 21.3. The zero-order valence-corrected chi connectivity index (χ0v) is 18.5. The molecule has 5 rings (SSSR count). The monoisotopic (exact) mass is 438 g/mol. The number of halogens is 1. The fourth-order valence-electron chi connectivity index (χ4n) is 5.60. The minimum absolute atomic E-state index is 0.0700. The number of H-pyrrole nitrogens is 1. The molecule has 170 valence electrons. The van der Waals surface area contributed by atoms with Crippen molar-refractivity contribution >= 4 is 5.91 Å². The second kappa shape index (κ2) is 9.14. The lowest BCUT2D eigenvalue weighted by Gasteiger charge is -2.33. The molecule has 0 spiro atoms. The zero-order chi connectivity index (χ0) is 22.1. The molecular formula is C25H31FN4O2. The van der Waals surface area contributed by atoms with E-state index in [0.29, 0.717) is 24.5 Å². The molecule has 0 bridgehead atoms. The summed E-state index contributed by atoms with van der Waals surface area (Å²) in [6, 6.07) is 5.38. The molecule has 1 aromatic heterocycles. The highest BCUT2D eigenvalue weighted by Crippen LogP contribution is 2.32. The number of aromatic nitrogens is 2. The summed E-state index contributed by atoms with van der Waals surface area (Å²) < 4.78 is 13.3. The van der Waals surface area contributed by atoms with Crippen LogP contribution in [0.3, 0.4) is 0 Å². The van der Waals surface area contributed by atoms with Crippen LogP contribution in [-0.4, -0.2) is 45.3 Å². The van der Waals surface area contributed by atoms with Gasteiger partial charge >= 0.3 is 0 Å². The van der Waals surface area contributed by atoms with E-state index in [1.807, 2.05) is 0 Å². The lowest BCUT2D eigenvalue weighted by Crippen LogP contribution is -2.40. The standard InChI is InChI=1S/C25H31FN4O2/c26-19-10-8-18(9-11-19)25(32)30-13-4-7-22(30)23-27-21-12-14-29(16-20(21)24(31)28-23)15-17-5-2-1-3-6-17/h8-11,17,22H,1-7,12-16H2,(H,27,28,31)/t22-/m0/s1.